The summed E-state index contributed by atoms with van der Waals surface area (Å²) in [7, 11) is -3.73. The molecule has 0 radical (unpaired) electrons. The number of nitrogens with one attached hydrogen (secondary N) is 2. The highest BCUT2D eigenvalue weighted by Gasteiger charge is 2.17. The lowest BCUT2D eigenvalue weighted by atomic mass is 10.1. The molecule has 1 heterocycles. The molecule has 3 rings (SSSR count). The van der Waals surface area contributed by atoms with Crippen LogP contribution in [-0.4, -0.2) is 39.2 Å². The monoisotopic (exact) mass is 458 g/mol. The van der Waals surface area contributed by atoms with Gasteiger partial charge >= 0.3 is 0 Å². The summed E-state index contributed by atoms with van der Waals surface area (Å²) in [6, 6.07) is 12.6. The van der Waals surface area contributed by atoms with E-state index in [-0.39, 0.29) is 17.9 Å². The minimum atomic E-state index is -3.73. The van der Waals surface area contributed by atoms with Crippen molar-refractivity contribution in [3.63, 3.8) is 0 Å². The molecule has 32 heavy (non-hydrogen) atoms. The summed E-state index contributed by atoms with van der Waals surface area (Å²) in [5.41, 5.74) is 6.35. The second-order valence-electron chi connectivity index (χ2n) is 7.39. The molecule has 0 bridgehead atoms. The van der Waals surface area contributed by atoms with Gasteiger partial charge in [0.15, 0.2) is 6.61 Å². The van der Waals surface area contributed by atoms with Gasteiger partial charge in [-0.2, -0.15) is 0 Å². The van der Waals surface area contributed by atoms with E-state index in [1.165, 1.54) is 24.3 Å². The van der Waals surface area contributed by atoms with Gasteiger partial charge in [-0.05, 0) is 54.8 Å². The van der Waals surface area contributed by atoms with E-state index < -0.39 is 21.8 Å². The first kappa shape index (κ1) is 23.3. The summed E-state index contributed by atoms with van der Waals surface area (Å²) in [4.78, 5) is 27.4. The lowest BCUT2D eigenvalue weighted by Gasteiger charge is -2.11. The number of primary amides is 1. The fourth-order valence-electron chi connectivity index (χ4n) is 3.14. The van der Waals surface area contributed by atoms with E-state index >= 15 is 0 Å². The largest absolute Gasteiger partial charge is 0.484 e. The number of hydrogen-bond acceptors (Lipinski definition) is 6. The summed E-state index contributed by atoms with van der Waals surface area (Å²) < 4.78 is 33.1. The molecule has 2 aromatic carbocycles. The van der Waals surface area contributed by atoms with Crippen molar-refractivity contribution in [2.45, 2.75) is 37.0 Å². The molecule has 1 aliphatic rings. The first-order valence-corrected chi connectivity index (χ1v) is 11.8. The van der Waals surface area contributed by atoms with E-state index in [2.05, 4.69) is 15.0 Å². The molecule has 9 nitrogen and oxygen atoms in total. The van der Waals surface area contributed by atoms with Gasteiger partial charge in [-0.3, -0.25) is 19.3 Å². The van der Waals surface area contributed by atoms with Crippen LogP contribution < -0.4 is 20.5 Å². The highest BCUT2D eigenvalue weighted by molar-refractivity contribution is 7.90. The predicted molar refractivity (Wildman–Crippen MR) is 121 cm³/mol. The molecule has 0 saturated carbocycles. The van der Waals surface area contributed by atoms with Crippen LogP contribution in [-0.2, 0) is 26.0 Å². The van der Waals surface area contributed by atoms with Crippen molar-refractivity contribution >= 4 is 33.4 Å². The lowest BCUT2D eigenvalue weighted by molar-refractivity contribution is -0.118. The predicted octanol–water partition coefficient (Wildman–Crippen LogP) is 1.98. The van der Waals surface area contributed by atoms with Crippen molar-refractivity contribution in [1.29, 1.82) is 0 Å². The average molecular weight is 459 g/mol. The number of hydrogen-bond donors (Lipinski definition) is 3. The third kappa shape index (κ3) is 7.09. The molecular weight excluding hydrogens is 432 g/mol. The van der Waals surface area contributed by atoms with Gasteiger partial charge < -0.3 is 15.8 Å². The smallest absolute Gasteiger partial charge is 0.262 e. The van der Waals surface area contributed by atoms with Gasteiger partial charge in [0.25, 0.3) is 15.9 Å². The van der Waals surface area contributed by atoms with Gasteiger partial charge in [0.05, 0.1) is 11.3 Å². The van der Waals surface area contributed by atoms with E-state index in [0.717, 1.165) is 24.8 Å². The quantitative estimate of drug-likeness (QED) is 0.555. The van der Waals surface area contributed by atoms with E-state index in [1.54, 1.807) is 24.3 Å². The number of amidine groups is 1. The molecule has 0 unspecified atom stereocenters. The zero-order valence-electron chi connectivity index (χ0n) is 17.5. The summed E-state index contributed by atoms with van der Waals surface area (Å²) in [5.74, 6) is 0.139. The maximum atomic E-state index is 12.6. The number of carbonyl (C=O) groups is 2. The molecule has 10 heteroatoms. The van der Waals surface area contributed by atoms with Crippen LogP contribution in [0.5, 0.6) is 5.75 Å². The maximum absolute atomic E-state index is 12.6. The zero-order valence-corrected chi connectivity index (χ0v) is 18.4. The first-order valence-electron chi connectivity index (χ1n) is 10.3. The molecule has 2 aromatic rings. The van der Waals surface area contributed by atoms with Crippen molar-refractivity contribution in [3.05, 3.63) is 54.1 Å². The van der Waals surface area contributed by atoms with Crippen LogP contribution in [0.3, 0.4) is 0 Å². The Kier molecular flexibility index (Phi) is 7.82. The van der Waals surface area contributed by atoms with Gasteiger partial charge in [0.1, 0.15) is 11.6 Å². The second kappa shape index (κ2) is 10.8. The van der Waals surface area contributed by atoms with Gasteiger partial charge in [-0.15, -0.1) is 0 Å². The number of rotatable bonds is 8. The second-order valence-corrected chi connectivity index (χ2v) is 9.08. The summed E-state index contributed by atoms with van der Waals surface area (Å²) in [6.07, 6.45) is 3.65. The van der Waals surface area contributed by atoms with Crippen molar-refractivity contribution in [2.75, 3.05) is 18.5 Å². The van der Waals surface area contributed by atoms with Gasteiger partial charge in [-0.1, -0.05) is 18.6 Å². The highest BCUT2D eigenvalue weighted by Crippen LogP contribution is 2.16. The summed E-state index contributed by atoms with van der Waals surface area (Å²) in [6.45, 7) is 0.402. The van der Waals surface area contributed by atoms with Crippen molar-refractivity contribution in [2.24, 2.45) is 10.7 Å². The van der Waals surface area contributed by atoms with Crippen LogP contribution in [0, 0.1) is 0 Å². The highest BCUT2D eigenvalue weighted by atomic mass is 32.2. The minimum Gasteiger partial charge on any atom is -0.484 e. The number of aliphatic imine (C=N–C) groups is 1. The number of nitrogens with zero attached hydrogens (tertiary/aromatic N) is 1. The number of ether oxygens (including phenoxy) is 1. The molecule has 0 fully saturated rings. The van der Waals surface area contributed by atoms with Crippen molar-refractivity contribution in [1.82, 2.24) is 4.72 Å². The third-order valence-corrected chi connectivity index (χ3v) is 6.14. The van der Waals surface area contributed by atoms with E-state index in [9.17, 15) is 18.0 Å². The van der Waals surface area contributed by atoms with Crippen LogP contribution in [0.25, 0.3) is 0 Å². The normalized spacial score (nSPS) is 14.1. The topological polar surface area (TPSA) is 140 Å². The Morgan fingerprint density at radius 3 is 2.41 bits per heavy atom. The van der Waals surface area contributed by atoms with Crippen molar-refractivity contribution < 1.29 is 22.7 Å². The fraction of sp³-hybridized carbons (Fsp3) is 0.318. The van der Waals surface area contributed by atoms with Crippen LogP contribution in [0.4, 0.5) is 5.69 Å². The molecule has 0 aliphatic carbocycles. The van der Waals surface area contributed by atoms with E-state index in [0.29, 0.717) is 30.2 Å². The molecule has 0 saturated heterocycles. The standard InChI is InChI=1S/C22H26N4O5S/c23-20(27)14-16-5-9-18(10-6-16)31-15-22(28)25-17-7-11-19(12-8-17)32(29,30)26-21-4-2-1-3-13-24-21/h5-12H,1-4,13-15H2,(H2,23,27)(H,24,26)(H,25,28). The van der Waals surface area contributed by atoms with Crippen LogP contribution in [0.2, 0.25) is 0 Å². The molecule has 0 spiro atoms. The zero-order chi connectivity index (χ0) is 23.0. The number of carbonyl (C=O) groups excluding carboxylic acids is 2. The Balaban J connectivity index is 1.51. The summed E-state index contributed by atoms with van der Waals surface area (Å²) >= 11 is 0. The van der Waals surface area contributed by atoms with E-state index in [4.69, 9.17) is 10.5 Å². The molecular formula is C22H26N4O5S. The minimum absolute atomic E-state index is 0.0924. The molecule has 2 amide bonds. The Hall–Kier alpha value is -3.40. The number of benzene rings is 2. The van der Waals surface area contributed by atoms with Gasteiger partial charge in [-0.25, -0.2) is 8.42 Å². The Morgan fingerprint density at radius 1 is 1.00 bits per heavy atom. The van der Waals surface area contributed by atoms with Gasteiger partial charge in [0, 0.05) is 18.7 Å². The Labute approximate surface area is 187 Å². The molecule has 0 atom stereocenters. The van der Waals surface area contributed by atoms with Gasteiger partial charge in [0.2, 0.25) is 5.91 Å². The van der Waals surface area contributed by atoms with Crippen LogP contribution in [0.1, 0.15) is 31.2 Å². The molecule has 0 aromatic heterocycles. The Bertz CT molecular complexity index is 1080. The number of amides is 2. The maximum Gasteiger partial charge on any atom is 0.262 e. The average Bonchev–Trinajstić information content (AvgIpc) is 3.01. The number of nitrogens with two attached hydrogens (primary N) is 1. The van der Waals surface area contributed by atoms with Crippen LogP contribution >= 0.6 is 0 Å². The molecule has 4 N–H and O–H groups in total. The van der Waals surface area contributed by atoms with E-state index in [1.807, 2.05) is 0 Å². The number of anilines is 1. The first-order chi connectivity index (χ1) is 15.3. The molecule has 170 valence electrons. The SMILES string of the molecule is NC(=O)Cc1ccc(OCC(=O)Nc2ccc(S(=O)(=O)NC3=NCCCCC3)cc2)cc1. The third-order valence-electron chi connectivity index (χ3n) is 4.75. The molecule has 1 aliphatic heterocycles. The van der Waals surface area contributed by atoms with Crippen LogP contribution in [0.15, 0.2) is 58.4 Å². The lowest BCUT2D eigenvalue weighted by Crippen LogP contribution is -2.30. The summed E-state index contributed by atoms with van der Waals surface area (Å²) in [5, 5.41) is 2.65. The van der Waals surface area contributed by atoms with Crippen molar-refractivity contribution in [3.8, 4) is 5.75 Å². The Morgan fingerprint density at radius 2 is 1.72 bits per heavy atom. The fourth-order valence-corrected chi connectivity index (χ4v) is 4.23. The number of sulfonamides is 1.